The second kappa shape index (κ2) is 10.1. The zero-order valence-electron chi connectivity index (χ0n) is 24.9. The first-order valence-corrected chi connectivity index (χ1v) is 15.3. The van der Waals surface area contributed by atoms with Crippen molar-refractivity contribution in [2.75, 3.05) is 0 Å². The van der Waals surface area contributed by atoms with E-state index in [0.717, 1.165) is 33.5 Å². The smallest absolute Gasteiger partial charge is 0.160 e. The molecule has 44 heavy (non-hydrogen) atoms. The van der Waals surface area contributed by atoms with Crippen LogP contribution in [0.5, 0.6) is 0 Å². The third-order valence-electron chi connectivity index (χ3n) is 9.59. The summed E-state index contributed by atoms with van der Waals surface area (Å²) in [6.45, 7) is 4.81. The Morgan fingerprint density at radius 1 is 0.432 bits per heavy atom. The Kier molecular flexibility index (Phi) is 6.06. The summed E-state index contributed by atoms with van der Waals surface area (Å²) in [5.74, 6) is 0.733. The van der Waals surface area contributed by atoms with Gasteiger partial charge >= 0.3 is 0 Å². The molecule has 2 heteroatoms. The Bertz CT molecular complexity index is 2130. The summed E-state index contributed by atoms with van der Waals surface area (Å²) >= 11 is 0. The van der Waals surface area contributed by atoms with E-state index in [9.17, 15) is 0 Å². The molecule has 1 unspecified atom stereocenters. The summed E-state index contributed by atoms with van der Waals surface area (Å²) in [4.78, 5) is 10.2. The van der Waals surface area contributed by atoms with E-state index in [2.05, 4.69) is 159 Å². The van der Waals surface area contributed by atoms with Crippen LogP contribution in [0.2, 0.25) is 0 Å². The molecule has 1 aromatic heterocycles. The van der Waals surface area contributed by atoms with Gasteiger partial charge in [-0.1, -0.05) is 166 Å². The van der Waals surface area contributed by atoms with Crippen LogP contribution in [0.3, 0.4) is 0 Å². The molecule has 0 bridgehead atoms. The molecule has 7 aromatic rings. The number of nitrogens with zero attached hydrogens (tertiary/aromatic N) is 2. The first-order valence-electron chi connectivity index (χ1n) is 15.3. The fourth-order valence-electron chi connectivity index (χ4n) is 7.63. The molecule has 0 saturated carbocycles. The van der Waals surface area contributed by atoms with Crippen molar-refractivity contribution in [3.8, 4) is 33.8 Å². The normalized spacial score (nSPS) is 16.7. The van der Waals surface area contributed by atoms with Gasteiger partial charge in [0, 0.05) is 21.9 Å². The van der Waals surface area contributed by atoms with Crippen LogP contribution >= 0.6 is 0 Å². The maximum Gasteiger partial charge on any atom is 0.160 e. The topological polar surface area (TPSA) is 25.8 Å². The third kappa shape index (κ3) is 3.81. The van der Waals surface area contributed by atoms with Crippen molar-refractivity contribution < 1.29 is 0 Å². The molecule has 0 fully saturated rings. The summed E-state index contributed by atoms with van der Waals surface area (Å²) in [7, 11) is 0. The van der Waals surface area contributed by atoms with Gasteiger partial charge in [0.25, 0.3) is 0 Å². The fourth-order valence-corrected chi connectivity index (χ4v) is 7.63. The molecule has 2 nitrogen and oxygen atoms in total. The SMILES string of the molecule is CC1(C)c2ccccc2-c2ccccc2C1(c1ccccc1)c1ccc(-c2nc(-c3ccccc3)c3ccccc3n2)cc1. The minimum absolute atomic E-state index is 0.249. The van der Waals surface area contributed by atoms with E-state index >= 15 is 0 Å². The molecule has 1 atom stereocenters. The molecule has 0 amide bonds. The Morgan fingerprint density at radius 2 is 0.977 bits per heavy atom. The Morgan fingerprint density at radius 3 is 1.70 bits per heavy atom. The average molecular weight is 565 g/mol. The molecule has 0 N–H and O–H groups in total. The molecule has 1 aliphatic rings. The van der Waals surface area contributed by atoms with Gasteiger partial charge in [-0.2, -0.15) is 0 Å². The predicted octanol–water partition coefficient (Wildman–Crippen LogP) is 10.3. The molecule has 0 saturated heterocycles. The molecule has 1 aliphatic carbocycles. The zero-order chi connectivity index (χ0) is 29.7. The number of benzene rings is 6. The van der Waals surface area contributed by atoms with Crippen LogP contribution in [0.4, 0.5) is 0 Å². The molecular weight excluding hydrogens is 532 g/mol. The number of aromatic nitrogens is 2. The molecule has 1 heterocycles. The zero-order valence-corrected chi connectivity index (χ0v) is 24.9. The number of hydrogen-bond acceptors (Lipinski definition) is 2. The third-order valence-corrected chi connectivity index (χ3v) is 9.59. The minimum atomic E-state index is -0.419. The maximum atomic E-state index is 5.14. The minimum Gasteiger partial charge on any atom is -0.228 e. The summed E-state index contributed by atoms with van der Waals surface area (Å²) in [5, 5.41) is 1.06. The van der Waals surface area contributed by atoms with E-state index < -0.39 is 5.41 Å². The summed E-state index contributed by atoms with van der Waals surface area (Å²) in [6.07, 6.45) is 0. The van der Waals surface area contributed by atoms with Gasteiger partial charge in [-0.15, -0.1) is 0 Å². The molecule has 8 rings (SSSR count). The first-order chi connectivity index (χ1) is 21.6. The summed E-state index contributed by atoms with van der Waals surface area (Å²) in [6, 6.07) is 56.6. The lowest BCUT2D eigenvalue weighted by Gasteiger charge is -2.53. The van der Waals surface area contributed by atoms with E-state index in [4.69, 9.17) is 9.97 Å². The monoisotopic (exact) mass is 564 g/mol. The number of rotatable bonds is 4. The molecule has 0 radical (unpaired) electrons. The van der Waals surface area contributed by atoms with Gasteiger partial charge in [-0.3, -0.25) is 0 Å². The largest absolute Gasteiger partial charge is 0.228 e. The van der Waals surface area contributed by atoms with Gasteiger partial charge in [0.15, 0.2) is 5.82 Å². The van der Waals surface area contributed by atoms with Gasteiger partial charge in [-0.25, -0.2) is 9.97 Å². The van der Waals surface area contributed by atoms with E-state index in [0.29, 0.717) is 0 Å². The lowest BCUT2D eigenvalue weighted by Crippen LogP contribution is -2.49. The molecule has 6 aromatic carbocycles. The van der Waals surface area contributed by atoms with Crippen LogP contribution in [-0.2, 0) is 10.8 Å². The lowest BCUT2D eigenvalue weighted by molar-refractivity contribution is 0.353. The molecule has 0 spiro atoms. The summed E-state index contributed by atoms with van der Waals surface area (Å²) in [5.41, 5.74) is 11.2. The van der Waals surface area contributed by atoms with Crippen molar-refractivity contribution in [2.45, 2.75) is 24.7 Å². The van der Waals surface area contributed by atoms with Crippen LogP contribution in [-0.4, -0.2) is 9.97 Å². The Hall–Kier alpha value is -5.34. The molecule has 0 aliphatic heterocycles. The van der Waals surface area contributed by atoms with Crippen LogP contribution in [0.1, 0.15) is 36.1 Å². The Balaban J connectivity index is 1.35. The van der Waals surface area contributed by atoms with Crippen LogP contribution in [0.15, 0.2) is 158 Å². The first kappa shape index (κ1) is 26.3. The Labute approximate surface area is 258 Å². The van der Waals surface area contributed by atoms with Gasteiger partial charge < -0.3 is 0 Å². The van der Waals surface area contributed by atoms with E-state index in [1.165, 1.54) is 33.4 Å². The van der Waals surface area contributed by atoms with Crippen molar-refractivity contribution in [1.82, 2.24) is 9.97 Å². The van der Waals surface area contributed by atoms with Gasteiger partial charge in [0.2, 0.25) is 0 Å². The highest BCUT2D eigenvalue weighted by atomic mass is 14.9. The van der Waals surface area contributed by atoms with Gasteiger partial charge in [0.1, 0.15) is 0 Å². The fraction of sp³-hybridized carbons (Fsp3) is 0.0952. The van der Waals surface area contributed by atoms with Crippen molar-refractivity contribution in [1.29, 1.82) is 0 Å². The number of para-hydroxylation sites is 1. The second-order valence-electron chi connectivity index (χ2n) is 12.2. The maximum absolute atomic E-state index is 5.14. The quantitative estimate of drug-likeness (QED) is 0.213. The van der Waals surface area contributed by atoms with Crippen LogP contribution < -0.4 is 0 Å². The predicted molar refractivity (Wildman–Crippen MR) is 182 cm³/mol. The van der Waals surface area contributed by atoms with Crippen molar-refractivity contribution in [3.63, 3.8) is 0 Å². The van der Waals surface area contributed by atoms with Crippen LogP contribution in [0, 0.1) is 0 Å². The highest BCUT2D eigenvalue weighted by Gasteiger charge is 2.54. The standard InChI is InChI=1S/C42H32N2/c1-41(2)36-22-12-9-19-33(36)34-20-10-13-23-37(34)42(41,31-17-7-4-8-18-31)32-27-25-30(26-28-32)40-43-38-24-14-11-21-35(38)39(44-40)29-15-5-3-6-16-29/h3-28H,1-2H3. The molecular formula is C42H32N2. The van der Waals surface area contributed by atoms with Crippen LogP contribution in [0.25, 0.3) is 44.7 Å². The van der Waals surface area contributed by atoms with E-state index in [-0.39, 0.29) is 5.41 Å². The van der Waals surface area contributed by atoms with E-state index in [1.807, 2.05) is 12.1 Å². The number of hydrogen-bond donors (Lipinski definition) is 0. The van der Waals surface area contributed by atoms with Crippen molar-refractivity contribution >= 4 is 10.9 Å². The summed E-state index contributed by atoms with van der Waals surface area (Å²) < 4.78 is 0. The van der Waals surface area contributed by atoms with Gasteiger partial charge in [0.05, 0.1) is 16.6 Å². The highest BCUT2D eigenvalue weighted by molar-refractivity contribution is 5.93. The lowest BCUT2D eigenvalue weighted by atomic mass is 9.49. The highest BCUT2D eigenvalue weighted by Crippen LogP contribution is 2.60. The second-order valence-corrected chi connectivity index (χ2v) is 12.2. The van der Waals surface area contributed by atoms with Gasteiger partial charge in [-0.05, 0) is 39.4 Å². The molecule has 210 valence electrons. The number of fused-ring (bicyclic) bond motifs is 4. The van der Waals surface area contributed by atoms with Crippen molar-refractivity contribution in [2.24, 2.45) is 0 Å². The average Bonchev–Trinajstić information content (AvgIpc) is 3.09. The van der Waals surface area contributed by atoms with E-state index in [1.54, 1.807) is 0 Å². The van der Waals surface area contributed by atoms with Crippen molar-refractivity contribution in [3.05, 3.63) is 180 Å².